The van der Waals surface area contributed by atoms with Crippen LogP contribution in [-0.4, -0.2) is 0 Å². The summed E-state index contributed by atoms with van der Waals surface area (Å²) in [5.74, 6) is 1.64. The molecule has 2 N–H and O–H groups in total. The van der Waals surface area contributed by atoms with Crippen LogP contribution < -0.4 is 5.73 Å². The Morgan fingerprint density at radius 2 is 1.94 bits per heavy atom. The van der Waals surface area contributed by atoms with E-state index in [1.54, 1.807) is 0 Å². The summed E-state index contributed by atoms with van der Waals surface area (Å²) in [5.41, 5.74) is 13.1. The molecule has 1 nitrogen and oxygen atoms in total. The normalized spacial score (nSPS) is 23.6. The van der Waals surface area contributed by atoms with Gasteiger partial charge < -0.3 is 5.73 Å². The highest BCUT2D eigenvalue weighted by molar-refractivity contribution is 5.76. The molecule has 2 aromatic carbocycles. The van der Waals surface area contributed by atoms with Gasteiger partial charge in [-0.25, -0.2) is 0 Å². The topological polar surface area (TPSA) is 26.0 Å². The van der Waals surface area contributed by atoms with Crippen LogP contribution in [0.4, 0.5) is 0 Å². The molecule has 2 aromatic rings. The van der Waals surface area contributed by atoms with E-state index < -0.39 is 0 Å². The third-order valence-corrected chi connectivity index (χ3v) is 4.49. The maximum absolute atomic E-state index is 5.94. The molecule has 0 radical (unpaired) electrons. The lowest BCUT2D eigenvalue weighted by molar-refractivity contribution is 0.805. The summed E-state index contributed by atoms with van der Waals surface area (Å²) >= 11 is 0. The van der Waals surface area contributed by atoms with Crippen molar-refractivity contribution in [3.8, 4) is 11.1 Å². The second-order valence-electron chi connectivity index (χ2n) is 5.55. The van der Waals surface area contributed by atoms with Crippen LogP contribution in [0.5, 0.6) is 0 Å². The summed E-state index contributed by atoms with van der Waals surface area (Å²) < 4.78 is 0. The molecular weight excluding hydrogens is 218 g/mol. The Hall–Kier alpha value is -1.60. The Bertz CT molecular complexity index is 615. The highest BCUT2D eigenvalue weighted by atomic mass is 14.5. The van der Waals surface area contributed by atoms with Crippen molar-refractivity contribution in [3.63, 3.8) is 0 Å². The minimum atomic E-state index is 0.634. The van der Waals surface area contributed by atoms with Gasteiger partial charge in [0.25, 0.3) is 0 Å². The third-order valence-electron chi connectivity index (χ3n) is 4.49. The first-order valence-corrected chi connectivity index (χ1v) is 6.78. The second kappa shape index (κ2) is 3.69. The minimum Gasteiger partial charge on any atom is -0.326 e. The standard InChI is InChI=1S/C17H17N/c18-10-12-5-3-7-15-16-9-13(16)8-11-4-1-2-6-14(11)17(12)15/h1-7,13,16H,8-10,18H2. The highest BCUT2D eigenvalue weighted by Gasteiger charge is 2.42. The Labute approximate surface area is 108 Å². The average molecular weight is 235 g/mol. The molecule has 2 aliphatic rings. The number of hydrogen-bond acceptors (Lipinski definition) is 1. The molecule has 0 amide bonds. The van der Waals surface area contributed by atoms with Crippen molar-refractivity contribution in [1.82, 2.24) is 0 Å². The van der Waals surface area contributed by atoms with Gasteiger partial charge in [0.15, 0.2) is 0 Å². The van der Waals surface area contributed by atoms with Crippen molar-refractivity contribution in [2.45, 2.75) is 25.3 Å². The van der Waals surface area contributed by atoms with Crippen LogP contribution in [0.3, 0.4) is 0 Å². The lowest BCUT2D eigenvalue weighted by Gasteiger charge is -2.15. The molecule has 0 heterocycles. The molecule has 2 atom stereocenters. The molecular formula is C17H17N. The van der Waals surface area contributed by atoms with E-state index in [-0.39, 0.29) is 0 Å². The van der Waals surface area contributed by atoms with Crippen molar-refractivity contribution in [1.29, 1.82) is 0 Å². The van der Waals surface area contributed by atoms with Crippen LogP contribution in [0.25, 0.3) is 11.1 Å². The number of fused-ring (bicyclic) bond motifs is 5. The Balaban J connectivity index is 2.05. The molecule has 18 heavy (non-hydrogen) atoms. The molecule has 1 fully saturated rings. The average Bonchev–Trinajstić information content (AvgIpc) is 3.17. The van der Waals surface area contributed by atoms with E-state index in [0.29, 0.717) is 6.54 Å². The zero-order chi connectivity index (χ0) is 12.1. The number of hydrogen-bond donors (Lipinski definition) is 1. The van der Waals surface area contributed by atoms with Gasteiger partial charge in [-0.15, -0.1) is 0 Å². The molecule has 0 spiro atoms. The molecule has 2 aliphatic carbocycles. The van der Waals surface area contributed by atoms with Crippen LogP contribution in [0.15, 0.2) is 42.5 Å². The summed E-state index contributed by atoms with van der Waals surface area (Å²) in [6, 6.07) is 15.5. The Kier molecular flexibility index (Phi) is 2.12. The van der Waals surface area contributed by atoms with Gasteiger partial charge in [-0.05, 0) is 52.5 Å². The van der Waals surface area contributed by atoms with E-state index in [4.69, 9.17) is 5.73 Å². The van der Waals surface area contributed by atoms with Gasteiger partial charge in [-0.1, -0.05) is 42.5 Å². The van der Waals surface area contributed by atoms with Crippen molar-refractivity contribution in [3.05, 3.63) is 59.2 Å². The van der Waals surface area contributed by atoms with Gasteiger partial charge in [-0.3, -0.25) is 0 Å². The fourth-order valence-corrected chi connectivity index (χ4v) is 3.51. The molecule has 2 unspecified atom stereocenters. The first-order chi connectivity index (χ1) is 8.88. The SMILES string of the molecule is NCc1cccc2c1-c1ccccc1CC1CC21. The summed E-state index contributed by atoms with van der Waals surface area (Å²) in [5, 5.41) is 0. The predicted molar refractivity (Wildman–Crippen MR) is 74.3 cm³/mol. The van der Waals surface area contributed by atoms with Crippen molar-refractivity contribution < 1.29 is 0 Å². The largest absolute Gasteiger partial charge is 0.326 e. The lowest BCUT2D eigenvalue weighted by Crippen LogP contribution is -2.02. The predicted octanol–water partition coefficient (Wildman–Crippen LogP) is 3.47. The molecule has 0 aromatic heterocycles. The van der Waals surface area contributed by atoms with Gasteiger partial charge in [-0.2, -0.15) is 0 Å². The van der Waals surface area contributed by atoms with Crippen LogP contribution >= 0.6 is 0 Å². The quantitative estimate of drug-likeness (QED) is 0.804. The summed E-state index contributed by atoms with van der Waals surface area (Å²) in [6.07, 6.45) is 2.59. The molecule has 0 aliphatic heterocycles. The Morgan fingerprint density at radius 1 is 1.06 bits per heavy atom. The maximum Gasteiger partial charge on any atom is 0.0184 e. The van der Waals surface area contributed by atoms with E-state index in [1.807, 2.05) is 0 Å². The van der Waals surface area contributed by atoms with Crippen LogP contribution in [0.1, 0.15) is 29.0 Å². The number of rotatable bonds is 1. The minimum absolute atomic E-state index is 0.634. The maximum atomic E-state index is 5.94. The summed E-state index contributed by atoms with van der Waals surface area (Å²) in [6.45, 7) is 0.634. The molecule has 4 rings (SSSR count). The van der Waals surface area contributed by atoms with E-state index in [9.17, 15) is 0 Å². The molecule has 90 valence electrons. The van der Waals surface area contributed by atoms with Crippen LogP contribution in [-0.2, 0) is 13.0 Å². The van der Waals surface area contributed by atoms with Gasteiger partial charge in [0.2, 0.25) is 0 Å². The smallest absolute Gasteiger partial charge is 0.0184 e. The van der Waals surface area contributed by atoms with Crippen molar-refractivity contribution in [2.75, 3.05) is 0 Å². The van der Waals surface area contributed by atoms with Gasteiger partial charge >= 0.3 is 0 Å². The molecule has 1 saturated carbocycles. The van der Waals surface area contributed by atoms with E-state index >= 15 is 0 Å². The summed E-state index contributed by atoms with van der Waals surface area (Å²) in [4.78, 5) is 0. The van der Waals surface area contributed by atoms with E-state index in [2.05, 4.69) is 42.5 Å². The van der Waals surface area contributed by atoms with E-state index in [1.165, 1.54) is 40.7 Å². The number of benzene rings is 2. The van der Waals surface area contributed by atoms with Gasteiger partial charge in [0.1, 0.15) is 0 Å². The van der Waals surface area contributed by atoms with Crippen molar-refractivity contribution in [2.24, 2.45) is 11.7 Å². The highest BCUT2D eigenvalue weighted by Crippen LogP contribution is 2.55. The summed E-state index contributed by atoms with van der Waals surface area (Å²) in [7, 11) is 0. The molecule has 0 bridgehead atoms. The van der Waals surface area contributed by atoms with Crippen LogP contribution in [0.2, 0.25) is 0 Å². The lowest BCUT2D eigenvalue weighted by atomic mass is 9.90. The first-order valence-electron chi connectivity index (χ1n) is 6.78. The fraction of sp³-hybridized carbons (Fsp3) is 0.294. The first kappa shape index (κ1) is 10.3. The van der Waals surface area contributed by atoms with Crippen molar-refractivity contribution >= 4 is 0 Å². The number of nitrogens with two attached hydrogens (primary N) is 1. The fourth-order valence-electron chi connectivity index (χ4n) is 3.51. The zero-order valence-corrected chi connectivity index (χ0v) is 10.4. The second-order valence-corrected chi connectivity index (χ2v) is 5.55. The molecule has 1 heteroatoms. The Morgan fingerprint density at radius 3 is 2.83 bits per heavy atom. The van der Waals surface area contributed by atoms with Gasteiger partial charge in [0, 0.05) is 6.54 Å². The monoisotopic (exact) mass is 235 g/mol. The van der Waals surface area contributed by atoms with E-state index in [0.717, 1.165) is 11.8 Å². The molecule has 0 saturated heterocycles. The van der Waals surface area contributed by atoms with Gasteiger partial charge in [0.05, 0.1) is 0 Å². The zero-order valence-electron chi connectivity index (χ0n) is 10.4. The van der Waals surface area contributed by atoms with Crippen LogP contribution in [0, 0.1) is 5.92 Å². The third kappa shape index (κ3) is 1.37.